The Morgan fingerprint density at radius 3 is 2.38 bits per heavy atom. The third-order valence-electron chi connectivity index (χ3n) is 8.40. The van der Waals surface area contributed by atoms with Crippen LogP contribution >= 0.6 is 0 Å². The number of para-hydroxylation sites is 1. The lowest BCUT2D eigenvalue weighted by atomic mass is 9.84. The Morgan fingerprint density at radius 1 is 1.00 bits per heavy atom. The third-order valence-corrected chi connectivity index (χ3v) is 8.40. The Hall–Kier alpha value is -2.70. The summed E-state index contributed by atoms with van der Waals surface area (Å²) in [6.45, 7) is 3.48. The Morgan fingerprint density at radius 2 is 1.74 bits per heavy atom. The van der Waals surface area contributed by atoms with Crippen molar-refractivity contribution in [3.05, 3.63) is 53.6 Å². The molecule has 0 bridgehead atoms. The molecule has 0 radical (unpaired) electrons. The van der Waals surface area contributed by atoms with E-state index in [-0.39, 0.29) is 0 Å². The number of carbonyl (C=O) groups is 1. The van der Waals surface area contributed by atoms with Crippen LogP contribution in [0, 0.1) is 0 Å². The first-order valence-corrected chi connectivity index (χ1v) is 13.0. The van der Waals surface area contributed by atoms with Crippen LogP contribution < -0.4 is 5.73 Å². The third kappa shape index (κ3) is 4.14. The number of rotatable bonds is 8. The molecule has 1 aliphatic heterocycles. The molecule has 2 saturated carbocycles. The molecular weight excluding hydrogens is 422 g/mol. The van der Waals surface area contributed by atoms with Gasteiger partial charge in [-0.2, -0.15) is 0 Å². The van der Waals surface area contributed by atoms with Crippen molar-refractivity contribution in [3.63, 3.8) is 0 Å². The second kappa shape index (κ2) is 9.16. The van der Waals surface area contributed by atoms with Crippen LogP contribution in [-0.2, 0) is 6.54 Å². The Balaban J connectivity index is 1.15. The van der Waals surface area contributed by atoms with Crippen molar-refractivity contribution in [2.75, 3.05) is 13.1 Å². The summed E-state index contributed by atoms with van der Waals surface area (Å²) in [6.07, 6.45) is 11.1. The van der Waals surface area contributed by atoms with E-state index in [1.165, 1.54) is 70.0 Å². The maximum Gasteiger partial charge on any atom is 0.250 e. The fourth-order valence-electron chi connectivity index (χ4n) is 5.96. The summed E-state index contributed by atoms with van der Waals surface area (Å²) in [7, 11) is 0. The lowest BCUT2D eigenvalue weighted by Crippen LogP contribution is -2.53. The van der Waals surface area contributed by atoms with E-state index >= 15 is 0 Å². The zero-order valence-corrected chi connectivity index (χ0v) is 19.9. The molecule has 6 rings (SSSR count). The van der Waals surface area contributed by atoms with Crippen molar-refractivity contribution in [2.24, 2.45) is 5.73 Å². The van der Waals surface area contributed by atoms with Gasteiger partial charge in [-0.3, -0.25) is 14.6 Å². The number of nitrogens with one attached hydrogen (secondary N) is 1. The molecule has 6 heteroatoms. The van der Waals surface area contributed by atoms with Crippen LogP contribution in [0.15, 0.2) is 42.5 Å². The number of fused-ring (bicyclic) bond motifs is 1. The van der Waals surface area contributed by atoms with Gasteiger partial charge >= 0.3 is 0 Å². The van der Waals surface area contributed by atoms with E-state index in [9.17, 15) is 4.79 Å². The molecule has 1 atom stereocenters. The topological polar surface area (TPSA) is 78.2 Å². The first kappa shape index (κ1) is 21.8. The van der Waals surface area contributed by atoms with E-state index in [1.807, 2.05) is 12.1 Å². The number of nitrogens with two attached hydrogens (primary N) is 1. The van der Waals surface area contributed by atoms with Gasteiger partial charge in [0.05, 0.1) is 11.1 Å². The smallest absolute Gasteiger partial charge is 0.250 e. The molecule has 0 spiro atoms. The van der Waals surface area contributed by atoms with Crippen LogP contribution in [-0.4, -0.2) is 56.9 Å². The van der Waals surface area contributed by atoms with Gasteiger partial charge in [0.1, 0.15) is 11.3 Å². The molecule has 2 aliphatic carbocycles. The van der Waals surface area contributed by atoms with Crippen molar-refractivity contribution >= 4 is 16.9 Å². The number of hydrogen-bond donors (Lipinski definition) is 2. The number of aromatic amines is 1. The molecular formula is C28H35N5O. The number of benzene rings is 2. The highest BCUT2D eigenvalue weighted by molar-refractivity contribution is 6.04. The van der Waals surface area contributed by atoms with Crippen molar-refractivity contribution in [3.8, 4) is 11.4 Å². The minimum absolute atomic E-state index is 0.452. The highest BCUT2D eigenvalue weighted by Crippen LogP contribution is 2.35. The number of carbonyl (C=O) groups excluding carboxylic acids is 1. The van der Waals surface area contributed by atoms with Crippen LogP contribution in [0.1, 0.15) is 67.3 Å². The highest BCUT2D eigenvalue weighted by atomic mass is 16.1. The zero-order valence-electron chi connectivity index (χ0n) is 19.9. The summed E-state index contributed by atoms with van der Waals surface area (Å²) in [5, 5.41) is 0. The van der Waals surface area contributed by atoms with Crippen molar-refractivity contribution < 1.29 is 4.79 Å². The molecule has 3 N–H and O–H groups in total. The molecule has 6 nitrogen and oxygen atoms in total. The van der Waals surface area contributed by atoms with E-state index < -0.39 is 5.91 Å². The number of hydrogen-bond acceptors (Lipinski definition) is 4. The van der Waals surface area contributed by atoms with Gasteiger partial charge in [-0.1, -0.05) is 43.2 Å². The Bertz CT molecular complexity index is 1150. The van der Waals surface area contributed by atoms with Crippen molar-refractivity contribution in [1.29, 1.82) is 0 Å². The SMILES string of the molecule is NC(=O)c1cccc2[nH]c(-c3ccc(CN4CCCC4CN(C4CCC4)C4CCC4)cc3)nc12. The van der Waals surface area contributed by atoms with Crippen molar-refractivity contribution in [1.82, 2.24) is 19.8 Å². The van der Waals surface area contributed by atoms with Gasteiger partial charge in [0.25, 0.3) is 5.91 Å². The number of amides is 1. The van der Waals surface area contributed by atoms with Gasteiger partial charge in [-0.05, 0) is 62.8 Å². The van der Waals surface area contributed by atoms with Gasteiger partial charge < -0.3 is 10.7 Å². The molecule has 2 heterocycles. The summed E-state index contributed by atoms with van der Waals surface area (Å²) < 4.78 is 0. The van der Waals surface area contributed by atoms with Crippen molar-refractivity contribution in [2.45, 2.75) is 76.0 Å². The fraction of sp³-hybridized carbons (Fsp3) is 0.500. The van der Waals surface area contributed by atoms with Crippen LogP contribution in [0.5, 0.6) is 0 Å². The summed E-state index contributed by atoms with van der Waals surface area (Å²) >= 11 is 0. The van der Waals surface area contributed by atoms with Crippen LogP contribution in [0.3, 0.4) is 0 Å². The highest BCUT2D eigenvalue weighted by Gasteiger charge is 2.37. The zero-order chi connectivity index (χ0) is 23.1. The molecule has 1 amide bonds. The molecule has 1 aromatic heterocycles. The summed E-state index contributed by atoms with van der Waals surface area (Å²) in [6, 6.07) is 16.6. The molecule has 1 saturated heterocycles. The molecule has 2 aromatic carbocycles. The molecule has 1 unspecified atom stereocenters. The van der Waals surface area contributed by atoms with Crippen LogP contribution in [0.4, 0.5) is 0 Å². The summed E-state index contributed by atoms with van der Waals surface area (Å²) in [4.78, 5) is 25.3. The lowest BCUT2D eigenvalue weighted by molar-refractivity contribution is 0.0189. The van der Waals surface area contributed by atoms with E-state index in [0.717, 1.165) is 35.5 Å². The number of primary amides is 1. The Kier molecular flexibility index (Phi) is 5.87. The second-order valence-corrected chi connectivity index (χ2v) is 10.5. The number of likely N-dealkylation sites (tertiary alicyclic amines) is 1. The number of nitrogens with zero attached hydrogens (tertiary/aromatic N) is 3. The minimum Gasteiger partial charge on any atom is -0.366 e. The maximum atomic E-state index is 11.7. The largest absolute Gasteiger partial charge is 0.366 e. The first-order chi connectivity index (χ1) is 16.7. The summed E-state index contributed by atoms with van der Waals surface area (Å²) in [5.74, 6) is 0.318. The van der Waals surface area contributed by atoms with Crippen LogP contribution in [0.25, 0.3) is 22.4 Å². The van der Waals surface area contributed by atoms with Gasteiger partial charge in [0.15, 0.2) is 0 Å². The van der Waals surface area contributed by atoms with E-state index in [2.05, 4.69) is 44.0 Å². The van der Waals surface area contributed by atoms with Gasteiger partial charge in [0.2, 0.25) is 0 Å². The first-order valence-electron chi connectivity index (χ1n) is 13.0. The second-order valence-electron chi connectivity index (χ2n) is 10.5. The number of H-pyrrole nitrogens is 1. The average Bonchev–Trinajstić information content (AvgIpc) is 3.38. The van der Waals surface area contributed by atoms with Gasteiger partial charge in [-0.15, -0.1) is 0 Å². The minimum atomic E-state index is -0.452. The standard InChI is InChI=1S/C28H35N5O/c29-27(34)24-10-3-11-25-26(24)31-28(30-25)20-14-12-19(13-15-20)17-32-16-4-9-23(32)18-33(21-5-1-6-21)22-7-2-8-22/h3,10-15,21-23H,1-2,4-9,16-18H2,(H2,29,34)(H,30,31). The normalized spacial score (nSPS) is 21.7. The quantitative estimate of drug-likeness (QED) is 0.514. The van der Waals surface area contributed by atoms with Gasteiger partial charge in [0, 0.05) is 36.8 Å². The molecule has 3 aromatic rings. The van der Waals surface area contributed by atoms with E-state index in [4.69, 9.17) is 5.73 Å². The predicted octanol–water partition coefficient (Wildman–Crippen LogP) is 4.70. The predicted molar refractivity (Wildman–Crippen MR) is 135 cm³/mol. The van der Waals surface area contributed by atoms with Crippen LogP contribution in [0.2, 0.25) is 0 Å². The molecule has 3 aliphatic rings. The Labute approximate surface area is 201 Å². The maximum absolute atomic E-state index is 11.7. The van der Waals surface area contributed by atoms with E-state index in [1.54, 1.807) is 6.07 Å². The molecule has 34 heavy (non-hydrogen) atoms. The summed E-state index contributed by atoms with van der Waals surface area (Å²) in [5.41, 5.74) is 9.81. The lowest BCUT2D eigenvalue weighted by Gasteiger charge is -2.48. The van der Waals surface area contributed by atoms with E-state index in [0.29, 0.717) is 17.1 Å². The molecule has 178 valence electrons. The fourth-order valence-corrected chi connectivity index (χ4v) is 5.96. The average molecular weight is 458 g/mol. The van der Waals surface area contributed by atoms with Gasteiger partial charge in [-0.25, -0.2) is 4.98 Å². The number of imidazole rings is 1. The monoisotopic (exact) mass is 457 g/mol. The number of aromatic nitrogens is 2. The molecule has 3 fully saturated rings.